The van der Waals surface area contributed by atoms with Crippen LogP contribution in [0.4, 0.5) is 5.13 Å². The molecule has 0 aromatic carbocycles. The van der Waals surface area contributed by atoms with E-state index in [1.807, 2.05) is 27.7 Å². The van der Waals surface area contributed by atoms with Crippen molar-refractivity contribution in [1.29, 1.82) is 0 Å². The first-order chi connectivity index (χ1) is 9.18. The minimum atomic E-state index is -0.582. The fourth-order valence-corrected chi connectivity index (χ4v) is 2.41. The number of anilines is 1. The van der Waals surface area contributed by atoms with Crippen molar-refractivity contribution in [3.05, 3.63) is 22.7 Å². The Bertz CT molecular complexity index is 528. The van der Waals surface area contributed by atoms with Gasteiger partial charge in [0.15, 0.2) is 10.9 Å². The Labute approximate surface area is 123 Å². The number of hydrogen-bond acceptors (Lipinski definition) is 5. The van der Waals surface area contributed by atoms with Crippen LogP contribution in [0.3, 0.4) is 0 Å². The third-order valence-electron chi connectivity index (χ3n) is 2.45. The number of ketones is 1. The summed E-state index contributed by atoms with van der Waals surface area (Å²) in [5.74, 6) is -0.154. The summed E-state index contributed by atoms with van der Waals surface area (Å²) >= 11 is 1.31. The van der Waals surface area contributed by atoms with Crippen molar-refractivity contribution in [3.8, 4) is 0 Å². The summed E-state index contributed by atoms with van der Waals surface area (Å²) in [6, 6.07) is 0. The third-order valence-corrected chi connectivity index (χ3v) is 3.18. The van der Waals surface area contributed by atoms with Crippen LogP contribution in [0.1, 0.15) is 39.8 Å². The number of nitrogen functional groups attached to an aromatic ring is 1. The molecule has 20 heavy (non-hydrogen) atoms. The minimum absolute atomic E-state index is 0.00760. The van der Waals surface area contributed by atoms with Gasteiger partial charge in [0, 0.05) is 17.3 Å². The Morgan fingerprint density at radius 3 is 2.60 bits per heavy atom. The zero-order chi connectivity index (χ0) is 15.3. The van der Waals surface area contributed by atoms with Crippen molar-refractivity contribution in [1.82, 2.24) is 10.3 Å². The highest BCUT2D eigenvalue weighted by Crippen LogP contribution is 2.14. The molecule has 1 amide bonds. The molecule has 0 bridgehead atoms. The van der Waals surface area contributed by atoms with Crippen molar-refractivity contribution in [2.45, 2.75) is 46.1 Å². The van der Waals surface area contributed by atoms with Gasteiger partial charge in [-0.25, -0.2) is 4.98 Å². The molecule has 3 N–H and O–H groups in total. The Morgan fingerprint density at radius 2 is 2.10 bits per heavy atom. The molecule has 0 aliphatic heterocycles. The minimum Gasteiger partial charge on any atom is -0.375 e. The van der Waals surface area contributed by atoms with Crippen LogP contribution in [-0.4, -0.2) is 22.2 Å². The maximum Gasteiger partial charge on any atom is 0.226 e. The lowest BCUT2D eigenvalue weighted by atomic mass is 9.96. The van der Waals surface area contributed by atoms with Gasteiger partial charge in [-0.05, 0) is 33.8 Å². The number of amides is 1. The molecule has 0 radical (unpaired) electrons. The normalized spacial score (nSPS) is 11.0. The standard InChI is InChI=1S/C14H21N3O2S/c1-9(2)5-11(18)7-14(3,4)17-12(19)6-10-8-20-13(15)16-10/h5,8H,6-7H2,1-4H3,(H2,15,16)(H,17,19). The number of thiazole rings is 1. The molecule has 6 heteroatoms. The van der Waals surface area contributed by atoms with Gasteiger partial charge in [-0.2, -0.15) is 0 Å². The van der Waals surface area contributed by atoms with Crippen LogP contribution in [-0.2, 0) is 16.0 Å². The van der Waals surface area contributed by atoms with Gasteiger partial charge in [-0.3, -0.25) is 9.59 Å². The highest BCUT2D eigenvalue weighted by molar-refractivity contribution is 7.13. The molecule has 0 unspecified atom stereocenters. The van der Waals surface area contributed by atoms with Crippen LogP contribution in [0.5, 0.6) is 0 Å². The monoisotopic (exact) mass is 295 g/mol. The van der Waals surface area contributed by atoms with E-state index in [9.17, 15) is 9.59 Å². The van der Waals surface area contributed by atoms with Crippen LogP contribution >= 0.6 is 11.3 Å². The maximum absolute atomic E-state index is 11.9. The SMILES string of the molecule is CC(C)=CC(=O)CC(C)(C)NC(=O)Cc1csc(N)n1. The lowest BCUT2D eigenvalue weighted by Crippen LogP contribution is -2.45. The molecule has 0 aliphatic carbocycles. The van der Waals surface area contributed by atoms with E-state index in [1.54, 1.807) is 11.5 Å². The van der Waals surface area contributed by atoms with E-state index in [0.717, 1.165) is 5.57 Å². The van der Waals surface area contributed by atoms with E-state index >= 15 is 0 Å². The number of aromatic nitrogens is 1. The number of carbonyl (C=O) groups is 2. The second-order valence-electron chi connectivity index (χ2n) is 5.65. The van der Waals surface area contributed by atoms with Gasteiger partial charge in [0.1, 0.15) is 0 Å². The van der Waals surface area contributed by atoms with Crippen molar-refractivity contribution >= 4 is 28.2 Å². The molecule has 0 saturated carbocycles. The van der Waals surface area contributed by atoms with Gasteiger partial charge in [-0.15, -0.1) is 11.3 Å². The summed E-state index contributed by atoms with van der Waals surface area (Å²) in [6.07, 6.45) is 2.03. The molecule has 0 spiro atoms. The molecular formula is C14H21N3O2S. The lowest BCUT2D eigenvalue weighted by Gasteiger charge is -2.25. The number of hydrogen-bond donors (Lipinski definition) is 2. The quantitative estimate of drug-likeness (QED) is 0.787. The predicted octanol–water partition coefficient (Wildman–Crippen LogP) is 2.09. The molecule has 0 fully saturated rings. The van der Waals surface area contributed by atoms with Crippen molar-refractivity contribution < 1.29 is 9.59 Å². The number of rotatable bonds is 6. The second-order valence-corrected chi connectivity index (χ2v) is 6.54. The van der Waals surface area contributed by atoms with Gasteiger partial charge in [-0.1, -0.05) is 5.57 Å². The van der Waals surface area contributed by atoms with Gasteiger partial charge in [0.05, 0.1) is 12.1 Å². The van der Waals surface area contributed by atoms with E-state index in [1.165, 1.54) is 11.3 Å². The average molecular weight is 295 g/mol. The second kappa shape index (κ2) is 6.65. The van der Waals surface area contributed by atoms with Gasteiger partial charge < -0.3 is 11.1 Å². The van der Waals surface area contributed by atoms with Crippen LogP contribution in [0.25, 0.3) is 0 Å². The van der Waals surface area contributed by atoms with E-state index in [-0.39, 0.29) is 24.5 Å². The molecule has 1 aromatic heterocycles. The van der Waals surface area contributed by atoms with Gasteiger partial charge >= 0.3 is 0 Å². The number of nitrogens with zero attached hydrogens (tertiary/aromatic N) is 1. The fourth-order valence-electron chi connectivity index (χ4n) is 1.84. The van der Waals surface area contributed by atoms with E-state index in [2.05, 4.69) is 10.3 Å². The first-order valence-corrected chi connectivity index (χ1v) is 7.24. The van der Waals surface area contributed by atoms with Crippen LogP contribution in [0, 0.1) is 0 Å². The highest BCUT2D eigenvalue weighted by Gasteiger charge is 2.23. The number of nitrogens with one attached hydrogen (secondary N) is 1. The fraction of sp³-hybridized carbons (Fsp3) is 0.500. The molecule has 0 aliphatic rings. The van der Waals surface area contributed by atoms with Crippen LogP contribution in [0.15, 0.2) is 17.0 Å². The lowest BCUT2D eigenvalue weighted by molar-refractivity contribution is -0.122. The van der Waals surface area contributed by atoms with Gasteiger partial charge in [0.2, 0.25) is 5.91 Å². The number of carbonyl (C=O) groups excluding carboxylic acids is 2. The number of allylic oxidation sites excluding steroid dienone is 2. The molecular weight excluding hydrogens is 274 g/mol. The maximum atomic E-state index is 11.9. The van der Waals surface area contributed by atoms with Crippen molar-refractivity contribution in [3.63, 3.8) is 0 Å². The first-order valence-electron chi connectivity index (χ1n) is 6.36. The topological polar surface area (TPSA) is 85.1 Å². The smallest absolute Gasteiger partial charge is 0.226 e. The van der Waals surface area contributed by atoms with Crippen LogP contribution < -0.4 is 11.1 Å². The van der Waals surface area contributed by atoms with Crippen molar-refractivity contribution in [2.75, 3.05) is 5.73 Å². The summed E-state index contributed by atoms with van der Waals surface area (Å²) < 4.78 is 0. The van der Waals surface area contributed by atoms with E-state index < -0.39 is 5.54 Å². The molecule has 5 nitrogen and oxygen atoms in total. The summed E-state index contributed by atoms with van der Waals surface area (Å²) in [6.45, 7) is 7.40. The third kappa shape index (κ3) is 5.97. The van der Waals surface area contributed by atoms with E-state index in [0.29, 0.717) is 10.8 Å². The Balaban J connectivity index is 2.55. The number of nitrogens with two attached hydrogens (primary N) is 1. The zero-order valence-electron chi connectivity index (χ0n) is 12.3. The molecule has 110 valence electrons. The van der Waals surface area contributed by atoms with E-state index in [4.69, 9.17) is 5.73 Å². The highest BCUT2D eigenvalue weighted by atomic mass is 32.1. The summed E-state index contributed by atoms with van der Waals surface area (Å²) in [5, 5.41) is 5.06. The summed E-state index contributed by atoms with van der Waals surface area (Å²) in [7, 11) is 0. The van der Waals surface area contributed by atoms with Crippen molar-refractivity contribution in [2.24, 2.45) is 0 Å². The predicted molar refractivity (Wildman–Crippen MR) is 81.5 cm³/mol. The zero-order valence-corrected chi connectivity index (χ0v) is 13.1. The Morgan fingerprint density at radius 1 is 1.45 bits per heavy atom. The Kier molecular flexibility index (Phi) is 5.44. The largest absolute Gasteiger partial charge is 0.375 e. The summed E-state index contributed by atoms with van der Waals surface area (Å²) in [4.78, 5) is 27.7. The van der Waals surface area contributed by atoms with Gasteiger partial charge in [0.25, 0.3) is 0 Å². The molecule has 0 saturated heterocycles. The molecule has 1 heterocycles. The molecule has 1 aromatic rings. The Hall–Kier alpha value is -1.69. The summed E-state index contributed by atoms with van der Waals surface area (Å²) in [5.41, 5.74) is 6.54. The average Bonchev–Trinajstić information content (AvgIpc) is 2.59. The van der Waals surface area contributed by atoms with Crippen LogP contribution in [0.2, 0.25) is 0 Å². The molecule has 0 atom stereocenters. The molecule has 1 rings (SSSR count). The first kappa shape index (κ1) is 16.4.